The Balaban J connectivity index is 1.45. The van der Waals surface area contributed by atoms with Crippen molar-refractivity contribution in [3.05, 3.63) is 89.5 Å². The first kappa shape index (κ1) is 24.6. The van der Waals surface area contributed by atoms with E-state index >= 15 is 0 Å². The van der Waals surface area contributed by atoms with Gasteiger partial charge in [0.25, 0.3) is 0 Å². The molecule has 3 aromatic rings. The van der Waals surface area contributed by atoms with Crippen LogP contribution >= 0.6 is 0 Å². The number of carbonyl (C=O) groups is 2. The third kappa shape index (κ3) is 5.11. The van der Waals surface area contributed by atoms with Crippen LogP contribution in [0.2, 0.25) is 0 Å². The highest BCUT2D eigenvalue weighted by atomic mass is 16.7. The van der Waals surface area contributed by atoms with E-state index in [0.29, 0.717) is 23.8 Å². The van der Waals surface area contributed by atoms with Crippen LogP contribution in [0.1, 0.15) is 41.6 Å². The van der Waals surface area contributed by atoms with Gasteiger partial charge in [-0.15, -0.1) is 0 Å². The summed E-state index contributed by atoms with van der Waals surface area (Å²) in [5, 5.41) is 13.5. The molecule has 0 bridgehead atoms. The highest BCUT2D eigenvalue weighted by molar-refractivity contribution is 5.79. The monoisotopic (exact) mass is 502 g/mol. The lowest BCUT2D eigenvalue weighted by molar-refractivity contribution is -0.143. The van der Waals surface area contributed by atoms with Gasteiger partial charge in [0.15, 0.2) is 11.5 Å². The van der Waals surface area contributed by atoms with E-state index in [1.54, 1.807) is 7.11 Å². The first-order valence-electron chi connectivity index (χ1n) is 12.3. The van der Waals surface area contributed by atoms with Gasteiger partial charge in [0, 0.05) is 18.5 Å². The van der Waals surface area contributed by atoms with Crippen molar-refractivity contribution in [3.63, 3.8) is 0 Å². The molecule has 2 aliphatic rings. The lowest BCUT2D eigenvalue weighted by atomic mass is 9.82. The zero-order chi connectivity index (χ0) is 25.9. The van der Waals surface area contributed by atoms with Gasteiger partial charge >= 0.3 is 5.97 Å². The molecule has 0 aliphatic carbocycles. The molecular formula is C29H30N2O6. The number of nitrogens with zero attached hydrogens (tertiary/aromatic N) is 1. The van der Waals surface area contributed by atoms with Crippen LogP contribution in [0.4, 0.5) is 0 Å². The van der Waals surface area contributed by atoms with Crippen LogP contribution in [0.25, 0.3) is 0 Å². The standard InChI is InChI=1S/C29H30N2O6/c1-18(19-6-4-3-5-7-19)30-26(32)16-31-15-23(21-10-13-24-25(14-21)37-17-36-24)27(29(33)34)28(31)20-8-11-22(35-2)12-9-20/h3-14,18,23,27-28H,15-17H2,1-2H3,(H,30,32)(H,33,34)/t18?,23-,27-,28+/m1/s1. The second-order valence-electron chi connectivity index (χ2n) is 9.43. The molecule has 3 aromatic carbocycles. The topological polar surface area (TPSA) is 97.3 Å². The van der Waals surface area contributed by atoms with Gasteiger partial charge in [-0.05, 0) is 47.9 Å². The minimum Gasteiger partial charge on any atom is -0.497 e. The third-order valence-electron chi connectivity index (χ3n) is 7.19. The maximum Gasteiger partial charge on any atom is 0.309 e. The van der Waals surface area contributed by atoms with E-state index in [1.807, 2.05) is 84.6 Å². The van der Waals surface area contributed by atoms with Gasteiger partial charge in [-0.1, -0.05) is 48.5 Å². The maximum atomic E-state index is 13.2. The van der Waals surface area contributed by atoms with E-state index in [4.69, 9.17) is 14.2 Å². The third-order valence-corrected chi connectivity index (χ3v) is 7.19. The van der Waals surface area contributed by atoms with Crippen LogP contribution in [0, 0.1) is 5.92 Å². The molecule has 0 aromatic heterocycles. The predicted octanol–water partition coefficient (Wildman–Crippen LogP) is 4.14. The molecule has 8 heteroatoms. The molecule has 1 unspecified atom stereocenters. The van der Waals surface area contributed by atoms with Gasteiger partial charge in [0.2, 0.25) is 12.7 Å². The van der Waals surface area contributed by atoms with Crippen molar-refractivity contribution in [2.24, 2.45) is 5.92 Å². The summed E-state index contributed by atoms with van der Waals surface area (Å²) in [5.74, 6) is -0.259. The van der Waals surface area contributed by atoms with Crippen LogP contribution in [0.5, 0.6) is 17.2 Å². The van der Waals surface area contributed by atoms with E-state index in [9.17, 15) is 14.7 Å². The van der Waals surface area contributed by atoms with Crippen LogP contribution in [0.3, 0.4) is 0 Å². The molecule has 2 heterocycles. The fraction of sp³-hybridized carbons (Fsp3) is 0.310. The van der Waals surface area contributed by atoms with E-state index in [0.717, 1.165) is 16.7 Å². The van der Waals surface area contributed by atoms with Crippen molar-refractivity contribution >= 4 is 11.9 Å². The molecule has 8 nitrogen and oxygen atoms in total. The minimum atomic E-state index is -0.913. The number of ether oxygens (including phenoxy) is 3. The van der Waals surface area contributed by atoms with Crippen molar-refractivity contribution in [3.8, 4) is 17.2 Å². The Morgan fingerprint density at radius 1 is 1.03 bits per heavy atom. The fourth-order valence-corrected chi connectivity index (χ4v) is 5.37. The Kier molecular flexibility index (Phi) is 7.01. The van der Waals surface area contributed by atoms with Gasteiger partial charge in [-0.2, -0.15) is 0 Å². The number of hydrogen-bond acceptors (Lipinski definition) is 6. The van der Waals surface area contributed by atoms with Crippen molar-refractivity contribution in [2.75, 3.05) is 27.0 Å². The van der Waals surface area contributed by atoms with Gasteiger partial charge < -0.3 is 24.6 Å². The number of benzene rings is 3. The van der Waals surface area contributed by atoms with E-state index in [2.05, 4.69) is 5.32 Å². The summed E-state index contributed by atoms with van der Waals surface area (Å²) in [5.41, 5.74) is 2.67. The first-order chi connectivity index (χ1) is 17.9. The summed E-state index contributed by atoms with van der Waals surface area (Å²) in [6.45, 7) is 2.55. The number of aliphatic carboxylic acids is 1. The molecule has 1 fully saturated rings. The molecule has 4 atom stereocenters. The highest BCUT2D eigenvalue weighted by Gasteiger charge is 2.48. The molecular weight excluding hydrogens is 472 g/mol. The quantitative estimate of drug-likeness (QED) is 0.478. The second kappa shape index (κ2) is 10.5. The number of likely N-dealkylation sites (tertiary alicyclic amines) is 1. The molecule has 5 rings (SSSR count). The highest BCUT2D eigenvalue weighted by Crippen LogP contribution is 2.47. The Bertz CT molecular complexity index is 1260. The Morgan fingerprint density at radius 2 is 1.73 bits per heavy atom. The number of methoxy groups -OCH3 is 1. The summed E-state index contributed by atoms with van der Waals surface area (Å²) < 4.78 is 16.3. The number of amides is 1. The number of nitrogens with one attached hydrogen (secondary N) is 1. The van der Waals surface area contributed by atoms with Gasteiger partial charge in [0.05, 0.1) is 25.6 Å². The number of rotatable bonds is 8. The Hall–Kier alpha value is -4.04. The average molecular weight is 503 g/mol. The normalized spacial score (nSPS) is 21.4. The lowest BCUT2D eigenvalue weighted by Gasteiger charge is -2.27. The molecule has 0 radical (unpaired) electrons. The molecule has 0 saturated carbocycles. The Morgan fingerprint density at radius 3 is 2.43 bits per heavy atom. The summed E-state index contributed by atoms with van der Waals surface area (Å²) >= 11 is 0. The zero-order valence-electron chi connectivity index (χ0n) is 20.8. The summed E-state index contributed by atoms with van der Waals surface area (Å²) in [6, 6.07) is 22.0. The molecule has 1 amide bonds. The number of carbonyl (C=O) groups excluding carboxylic acids is 1. The zero-order valence-corrected chi connectivity index (χ0v) is 20.8. The smallest absolute Gasteiger partial charge is 0.309 e. The number of fused-ring (bicyclic) bond motifs is 1. The van der Waals surface area contributed by atoms with Gasteiger partial charge in [-0.3, -0.25) is 14.5 Å². The number of hydrogen-bond donors (Lipinski definition) is 2. The minimum absolute atomic E-state index is 0.0682. The molecule has 192 valence electrons. The van der Waals surface area contributed by atoms with E-state index < -0.39 is 17.9 Å². The fourth-order valence-electron chi connectivity index (χ4n) is 5.37. The maximum absolute atomic E-state index is 13.2. The molecule has 0 spiro atoms. The molecule has 1 saturated heterocycles. The summed E-state index contributed by atoms with van der Waals surface area (Å²) in [6.07, 6.45) is 0. The number of carboxylic acid groups (broad SMARTS) is 1. The van der Waals surface area contributed by atoms with Crippen LogP contribution in [-0.2, 0) is 9.59 Å². The van der Waals surface area contributed by atoms with Crippen molar-refractivity contribution < 1.29 is 28.9 Å². The SMILES string of the molecule is COc1ccc([C@H]2[C@H](C(=O)O)[C@@H](c3ccc4c(c3)OCO4)CN2CC(=O)NC(C)c2ccccc2)cc1. The van der Waals surface area contributed by atoms with Gasteiger partial charge in [-0.25, -0.2) is 0 Å². The van der Waals surface area contributed by atoms with Crippen LogP contribution in [0.15, 0.2) is 72.8 Å². The molecule has 2 N–H and O–H groups in total. The van der Waals surface area contributed by atoms with E-state index in [1.165, 1.54) is 0 Å². The largest absolute Gasteiger partial charge is 0.497 e. The lowest BCUT2D eigenvalue weighted by Crippen LogP contribution is -2.39. The average Bonchev–Trinajstić information content (AvgIpc) is 3.53. The Labute approximate surface area is 215 Å². The van der Waals surface area contributed by atoms with Crippen LogP contribution in [-0.4, -0.2) is 48.9 Å². The first-order valence-corrected chi connectivity index (χ1v) is 12.3. The molecule has 2 aliphatic heterocycles. The number of carboxylic acids is 1. The van der Waals surface area contributed by atoms with Crippen LogP contribution < -0.4 is 19.5 Å². The van der Waals surface area contributed by atoms with Gasteiger partial charge in [0.1, 0.15) is 5.75 Å². The summed E-state index contributed by atoms with van der Waals surface area (Å²) in [7, 11) is 1.59. The van der Waals surface area contributed by atoms with Crippen molar-refractivity contribution in [2.45, 2.75) is 24.9 Å². The predicted molar refractivity (Wildman–Crippen MR) is 137 cm³/mol. The van der Waals surface area contributed by atoms with Crippen molar-refractivity contribution in [1.82, 2.24) is 10.2 Å². The molecule has 37 heavy (non-hydrogen) atoms. The second-order valence-corrected chi connectivity index (χ2v) is 9.43. The summed E-state index contributed by atoms with van der Waals surface area (Å²) in [4.78, 5) is 27.8. The van der Waals surface area contributed by atoms with E-state index in [-0.39, 0.29) is 31.2 Å². The van der Waals surface area contributed by atoms with Crippen molar-refractivity contribution in [1.29, 1.82) is 0 Å².